The number of amides is 1. The molecule has 0 bridgehead atoms. The van der Waals surface area contributed by atoms with Crippen LogP contribution < -0.4 is 10.6 Å². The number of nitrogens with zero attached hydrogens (tertiary/aromatic N) is 2. The van der Waals surface area contributed by atoms with Crippen molar-refractivity contribution in [2.45, 2.75) is 11.3 Å². The summed E-state index contributed by atoms with van der Waals surface area (Å²) in [7, 11) is 5.12. The molecule has 0 atom stereocenters. The highest BCUT2D eigenvalue weighted by Gasteiger charge is 2.04. The van der Waals surface area contributed by atoms with Crippen LogP contribution in [0.25, 0.3) is 0 Å². The lowest BCUT2D eigenvalue weighted by Gasteiger charge is -2.13. The molecular weight excluding hydrogens is 487 g/mol. The van der Waals surface area contributed by atoms with Crippen LogP contribution in [0, 0.1) is 0 Å². The van der Waals surface area contributed by atoms with Crippen molar-refractivity contribution in [1.82, 2.24) is 15.5 Å². The Morgan fingerprint density at radius 3 is 2.50 bits per heavy atom. The second-order valence-corrected chi connectivity index (χ2v) is 7.06. The van der Waals surface area contributed by atoms with Crippen LogP contribution in [0.15, 0.2) is 34.2 Å². The van der Waals surface area contributed by atoms with Gasteiger partial charge in [-0.05, 0) is 30.7 Å². The maximum Gasteiger partial charge on any atom is 0.243 e. The molecule has 0 spiro atoms. The number of ether oxygens (including phenoxy) is 1. The molecule has 0 saturated heterocycles. The van der Waals surface area contributed by atoms with E-state index in [9.17, 15) is 4.79 Å². The quantitative estimate of drug-likeness (QED) is 0.165. The van der Waals surface area contributed by atoms with E-state index in [4.69, 9.17) is 16.3 Å². The van der Waals surface area contributed by atoms with E-state index >= 15 is 0 Å². The van der Waals surface area contributed by atoms with Gasteiger partial charge in [0, 0.05) is 56.6 Å². The Morgan fingerprint density at radius 2 is 1.88 bits per heavy atom. The van der Waals surface area contributed by atoms with Gasteiger partial charge in [-0.25, -0.2) is 4.99 Å². The number of carbonyl (C=O) groups excluding carboxylic acids is 1. The van der Waals surface area contributed by atoms with Crippen molar-refractivity contribution in [2.24, 2.45) is 4.99 Å². The van der Waals surface area contributed by atoms with Gasteiger partial charge in [0.2, 0.25) is 5.91 Å². The van der Waals surface area contributed by atoms with E-state index in [1.165, 1.54) is 9.80 Å². The van der Waals surface area contributed by atoms with E-state index < -0.39 is 0 Å². The molecule has 1 aromatic rings. The lowest BCUT2D eigenvalue weighted by Crippen LogP contribution is -2.40. The number of thioether (sulfide) groups is 1. The van der Waals surface area contributed by atoms with Crippen LogP contribution in [0.3, 0.4) is 0 Å². The monoisotopic (exact) mass is 514 g/mol. The average molecular weight is 515 g/mol. The Morgan fingerprint density at radius 1 is 1.23 bits per heavy atom. The number of carbonyl (C=O) groups is 1. The highest BCUT2D eigenvalue weighted by atomic mass is 127. The lowest BCUT2D eigenvalue weighted by molar-refractivity contribution is -0.127. The molecule has 0 aliphatic heterocycles. The van der Waals surface area contributed by atoms with Crippen LogP contribution in [0.1, 0.15) is 6.42 Å². The van der Waals surface area contributed by atoms with Crippen molar-refractivity contribution in [3.63, 3.8) is 0 Å². The van der Waals surface area contributed by atoms with Crippen molar-refractivity contribution in [3.05, 3.63) is 29.3 Å². The Labute approximate surface area is 182 Å². The van der Waals surface area contributed by atoms with Gasteiger partial charge in [0.05, 0.1) is 0 Å². The largest absolute Gasteiger partial charge is 0.385 e. The van der Waals surface area contributed by atoms with Gasteiger partial charge in [-0.15, -0.1) is 35.7 Å². The van der Waals surface area contributed by atoms with E-state index in [1.54, 1.807) is 33.0 Å². The second kappa shape index (κ2) is 15.4. The number of benzene rings is 1. The predicted octanol–water partition coefficient (Wildman–Crippen LogP) is 2.71. The third-order valence-electron chi connectivity index (χ3n) is 3.17. The molecule has 0 aromatic heterocycles. The van der Waals surface area contributed by atoms with Gasteiger partial charge in [-0.2, -0.15) is 0 Å². The first kappa shape index (κ1) is 25.3. The zero-order valence-corrected chi connectivity index (χ0v) is 19.4. The van der Waals surface area contributed by atoms with Crippen LogP contribution in [0.4, 0.5) is 0 Å². The number of halogens is 2. The van der Waals surface area contributed by atoms with Gasteiger partial charge in [-0.3, -0.25) is 4.79 Å². The van der Waals surface area contributed by atoms with Gasteiger partial charge >= 0.3 is 0 Å². The predicted molar refractivity (Wildman–Crippen MR) is 121 cm³/mol. The standard InChI is InChI=1S/C17H27ClN4O2S.HI/c1-22(2)16(23)13-21-17(19-9-4-11-24-3)20-10-12-25-15-7-5-14(18)6-8-15;/h5-8H,4,9-13H2,1-3H3,(H2,19,20,21);1H. The Balaban J connectivity index is 0.00000625. The number of methoxy groups -OCH3 is 1. The zero-order valence-electron chi connectivity index (χ0n) is 15.5. The van der Waals surface area contributed by atoms with E-state index in [0.717, 1.165) is 30.3 Å². The summed E-state index contributed by atoms with van der Waals surface area (Å²) >= 11 is 7.62. The molecule has 0 radical (unpaired) electrons. The first-order chi connectivity index (χ1) is 12.0. The van der Waals surface area contributed by atoms with Gasteiger partial charge in [-0.1, -0.05) is 11.6 Å². The minimum Gasteiger partial charge on any atom is -0.385 e. The maximum atomic E-state index is 11.7. The fourth-order valence-corrected chi connectivity index (χ4v) is 2.65. The van der Waals surface area contributed by atoms with Crippen molar-refractivity contribution in [1.29, 1.82) is 0 Å². The molecule has 9 heteroatoms. The van der Waals surface area contributed by atoms with Crippen LogP contribution in [0.5, 0.6) is 0 Å². The number of rotatable bonds is 10. The van der Waals surface area contributed by atoms with Crippen LogP contribution in [-0.2, 0) is 9.53 Å². The number of hydrogen-bond donors (Lipinski definition) is 2. The summed E-state index contributed by atoms with van der Waals surface area (Å²) < 4.78 is 5.04. The summed E-state index contributed by atoms with van der Waals surface area (Å²) in [5.74, 6) is 1.48. The normalized spacial score (nSPS) is 10.8. The summed E-state index contributed by atoms with van der Waals surface area (Å²) in [6.45, 7) is 2.28. The Hall–Kier alpha value is -0.710. The third kappa shape index (κ3) is 11.8. The molecule has 0 heterocycles. The number of guanidine groups is 1. The van der Waals surface area contributed by atoms with E-state index in [1.807, 2.05) is 24.3 Å². The molecule has 0 fully saturated rings. The molecule has 0 aliphatic rings. The van der Waals surface area contributed by atoms with Crippen molar-refractivity contribution in [3.8, 4) is 0 Å². The number of nitrogens with one attached hydrogen (secondary N) is 2. The number of aliphatic imine (C=N–C) groups is 1. The molecule has 1 aromatic carbocycles. The molecule has 2 N–H and O–H groups in total. The summed E-state index contributed by atoms with van der Waals surface area (Å²) in [5, 5.41) is 7.21. The van der Waals surface area contributed by atoms with E-state index in [-0.39, 0.29) is 36.4 Å². The average Bonchev–Trinajstić information content (AvgIpc) is 2.60. The first-order valence-electron chi connectivity index (χ1n) is 8.12. The molecule has 6 nitrogen and oxygen atoms in total. The molecule has 1 rings (SSSR count). The second-order valence-electron chi connectivity index (χ2n) is 5.46. The summed E-state index contributed by atoms with van der Waals surface area (Å²) in [5.41, 5.74) is 0. The smallest absolute Gasteiger partial charge is 0.243 e. The van der Waals surface area contributed by atoms with Crippen LogP contribution in [-0.4, -0.2) is 70.0 Å². The molecule has 0 unspecified atom stereocenters. The maximum absolute atomic E-state index is 11.7. The van der Waals surface area contributed by atoms with E-state index in [0.29, 0.717) is 12.6 Å². The molecule has 148 valence electrons. The third-order valence-corrected chi connectivity index (χ3v) is 4.43. The molecule has 0 saturated carbocycles. The SMILES string of the molecule is COCCCNC(=NCC(=O)N(C)C)NCCSc1ccc(Cl)cc1.I. The fraction of sp³-hybridized carbons (Fsp3) is 0.529. The van der Waals surface area contributed by atoms with Crippen molar-refractivity contribution >= 4 is 59.2 Å². The van der Waals surface area contributed by atoms with Crippen molar-refractivity contribution in [2.75, 3.05) is 53.2 Å². The highest BCUT2D eigenvalue weighted by Crippen LogP contribution is 2.19. The Bertz CT molecular complexity index is 544. The zero-order chi connectivity index (χ0) is 18.5. The molecule has 1 amide bonds. The minimum absolute atomic E-state index is 0. The summed E-state index contributed by atoms with van der Waals surface area (Å²) in [6, 6.07) is 7.77. The molecule has 26 heavy (non-hydrogen) atoms. The van der Waals surface area contributed by atoms with E-state index in [2.05, 4.69) is 15.6 Å². The topological polar surface area (TPSA) is 66.0 Å². The molecule has 0 aliphatic carbocycles. The summed E-state index contributed by atoms with van der Waals surface area (Å²) in [6.07, 6.45) is 0.873. The van der Waals surface area contributed by atoms with Gasteiger partial charge in [0.25, 0.3) is 0 Å². The number of hydrogen-bond acceptors (Lipinski definition) is 4. The lowest BCUT2D eigenvalue weighted by atomic mass is 10.4. The van der Waals surface area contributed by atoms with Crippen LogP contribution in [0.2, 0.25) is 5.02 Å². The van der Waals surface area contributed by atoms with Gasteiger partial charge < -0.3 is 20.3 Å². The van der Waals surface area contributed by atoms with Crippen LogP contribution >= 0.6 is 47.3 Å². The van der Waals surface area contributed by atoms with Gasteiger partial charge in [0.1, 0.15) is 6.54 Å². The molecular formula is C17H28ClIN4O2S. The Kier molecular flexibility index (Phi) is 14.9. The fourth-order valence-electron chi connectivity index (χ4n) is 1.75. The summed E-state index contributed by atoms with van der Waals surface area (Å²) in [4.78, 5) is 18.7. The minimum atomic E-state index is -0.0338. The highest BCUT2D eigenvalue weighted by molar-refractivity contribution is 14.0. The first-order valence-corrected chi connectivity index (χ1v) is 9.49. The van der Waals surface area contributed by atoms with Crippen molar-refractivity contribution < 1.29 is 9.53 Å². The van der Waals surface area contributed by atoms with Gasteiger partial charge in [0.15, 0.2) is 5.96 Å². The number of likely N-dealkylation sites (N-methyl/N-ethyl adjacent to an activating group) is 1.